The highest BCUT2D eigenvalue weighted by molar-refractivity contribution is 5.98. The van der Waals surface area contributed by atoms with Crippen LogP contribution in [-0.2, 0) is 9.59 Å². The second kappa shape index (κ2) is 8.89. The SMILES string of the molecule is CNC(=O)C1CCCN1C(=O)CNC(=O)c1ccc(N2CCCC2)c([N+](=O)[O-])c1. The van der Waals surface area contributed by atoms with Crippen molar-refractivity contribution in [3.05, 3.63) is 33.9 Å². The first kappa shape index (κ1) is 20.6. The molecule has 3 rings (SSSR count). The fraction of sp³-hybridized carbons (Fsp3) is 0.526. The highest BCUT2D eigenvalue weighted by Crippen LogP contribution is 2.31. The van der Waals surface area contributed by atoms with E-state index in [0.29, 0.717) is 18.7 Å². The highest BCUT2D eigenvalue weighted by atomic mass is 16.6. The lowest BCUT2D eigenvalue weighted by Crippen LogP contribution is -2.48. The molecular weight excluding hydrogens is 378 g/mol. The third-order valence-electron chi connectivity index (χ3n) is 5.40. The summed E-state index contributed by atoms with van der Waals surface area (Å²) < 4.78 is 0. The lowest BCUT2D eigenvalue weighted by Gasteiger charge is -2.23. The Bertz CT molecular complexity index is 821. The zero-order valence-electron chi connectivity index (χ0n) is 16.3. The maximum Gasteiger partial charge on any atom is 0.293 e. The van der Waals surface area contributed by atoms with E-state index in [-0.39, 0.29) is 29.6 Å². The number of rotatable bonds is 6. The Morgan fingerprint density at radius 1 is 1.17 bits per heavy atom. The van der Waals surface area contributed by atoms with Crippen LogP contribution in [0.3, 0.4) is 0 Å². The summed E-state index contributed by atoms with van der Waals surface area (Å²) in [6.45, 7) is 1.70. The lowest BCUT2D eigenvalue weighted by molar-refractivity contribution is -0.384. The van der Waals surface area contributed by atoms with Gasteiger partial charge in [0.25, 0.3) is 11.6 Å². The van der Waals surface area contributed by atoms with Crippen LogP contribution in [0.2, 0.25) is 0 Å². The Morgan fingerprint density at radius 3 is 2.55 bits per heavy atom. The van der Waals surface area contributed by atoms with Crippen LogP contribution in [-0.4, -0.2) is 66.8 Å². The molecule has 2 fully saturated rings. The quantitative estimate of drug-likeness (QED) is 0.531. The number of carbonyl (C=O) groups is 3. The van der Waals surface area contributed by atoms with Gasteiger partial charge in [0.2, 0.25) is 11.8 Å². The molecule has 0 radical (unpaired) electrons. The third kappa shape index (κ3) is 4.47. The van der Waals surface area contributed by atoms with Gasteiger partial charge >= 0.3 is 0 Å². The molecule has 0 saturated carbocycles. The number of anilines is 1. The van der Waals surface area contributed by atoms with Crippen molar-refractivity contribution in [3.8, 4) is 0 Å². The maximum atomic E-state index is 12.4. The summed E-state index contributed by atoms with van der Waals surface area (Å²) in [4.78, 5) is 51.1. The predicted molar refractivity (Wildman–Crippen MR) is 106 cm³/mol. The maximum absolute atomic E-state index is 12.4. The normalized spacial score (nSPS) is 18.6. The molecule has 1 atom stereocenters. The van der Waals surface area contributed by atoms with Crippen LogP contribution in [0, 0.1) is 10.1 Å². The van der Waals surface area contributed by atoms with Crippen LogP contribution in [0.25, 0.3) is 0 Å². The van der Waals surface area contributed by atoms with Crippen LogP contribution in [0.4, 0.5) is 11.4 Å². The summed E-state index contributed by atoms with van der Waals surface area (Å²) in [5.41, 5.74) is 0.507. The van der Waals surface area contributed by atoms with Gasteiger partial charge in [-0.3, -0.25) is 24.5 Å². The van der Waals surface area contributed by atoms with E-state index >= 15 is 0 Å². The molecule has 2 N–H and O–H groups in total. The fourth-order valence-electron chi connectivity index (χ4n) is 3.90. The molecule has 10 heteroatoms. The highest BCUT2D eigenvalue weighted by Gasteiger charge is 2.33. The molecule has 0 aliphatic carbocycles. The number of likely N-dealkylation sites (N-methyl/N-ethyl adjacent to an activating group) is 1. The zero-order valence-corrected chi connectivity index (χ0v) is 16.3. The average Bonchev–Trinajstić information content (AvgIpc) is 3.42. The Kier molecular flexibility index (Phi) is 6.30. The fourth-order valence-corrected chi connectivity index (χ4v) is 3.90. The molecule has 2 saturated heterocycles. The van der Waals surface area contributed by atoms with Crippen molar-refractivity contribution in [2.75, 3.05) is 38.1 Å². The lowest BCUT2D eigenvalue weighted by atomic mass is 10.1. The number of amides is 3. The Hall–Kier alpha value is -3.17. The number of nitro groups is 1. The number of likely N-dealkylation sites (tertiary alicyclic amines) is 1. The van der Waals surface area contributed by atoms with Gasteiger partial charge in [-0.05, 0) is 37.8 Å². The van der Waals surface area contributed by atoms with Crippen molar-refractivity contribution in [2.45, 2.75) is 31.7 Å². The number of benzene rings is 1. The van der Waals surface area contributed by atoms with Crippen LogP contribution >= 0.6 is 0 Å². The van der Waals surface area contributed by atoms with Crippen molar-refractivity contribution in [1.82, 2.24) is 15.5 Å². The van der Waals surface area contributed by atoms with Crippen LogP contribution in [0.15, 0.2) is 18.2 Å². The van der Waals surface area contributed by atoms with E-state index in [9.17, 15) is 24.5 Å². The van der Waals surface area contributed by atoms with Gasteiger partial charge in [0.05, 0.1) is 11.5 Å². The minimum absolute atomic E-state index is 0.120. The summed E-state index contributed by atoms with van der Waals surface area (Å²) in [5, 5.41) is 16.5. The second-order valence-corrected chi connectivity index (χ2v) is 7.20. The van der Waals surface area contributed by atoms with Gasteiger partial charge in [-0.2, -0.15) is 0 Å². The monoisotopic (exact) mass is 403 g/mol. The summed E-state index contributed by atoms with van der Waals surface area (Å²) in [6, 6.07) is 3.84. The molecule has 29 heavy (non-hydrogen) atoms. The molecular formula is C19H25N5O5. The van der Waals surface area contributed by atoms with Gasteiger partial charge in [-0.1, -0.05) is 0 Å². The Morgan fingerprint density at radius 2 is 1.90 bits per heavy atom. The van der Waals surface area contributed by atoms with E-state index in [4.69, 9.17) is 0 Å². The number of hydrogen-bond donors (Lipinski definition) is 2. The summed E-state index contributed by atoms with van der Waals surface area (Å²) >= 11 is 0. The topological polar surface area (TPSA) is 125 Å². The number of nitro benzene ring substituents is 1. The van der Waals surface area contributed by atoms with E-state index in [1.807, 2.05) is 4.90 Å². The molecule has 2 aliphatic rings. The van der Waals surface area contributed by atoms with Crippen molar-refractivity contribution >= 4 is 29.1 Å². The number of carbonyl (C=O) groups excluding carboxylic acids is 3. The molecule has 1 aromatic rings. The van der Waals surface area contributed by atoms with Crippen molar-refractivity contribution in [3.63, 3.8) is 0 Å². The minimum Gasteiger partial charge on any atom is -0.366 e. The van der Waals surface area contributed by atoms with Gasteiger partial charge in [-0.25, -0.2) is 0 Å². The zero-order chi connectivity index (χ0) is 21.0. The molecule has 156 valence electrons. The van der Waals surface area contributed by atoms with Crippen LogP contribution < -0.4 is 15.5 Å². The minimum atomic E-state index is -0.565. The molecule has 2 aliphatic heterocycles. The molecule has 0 aromatic heterocycles. The molecule has 1 aromatic carbocycles. The molecule has 3 amide bonds. The van der Waals surface area contributed by atoms with E-state index in [1.165, 1.54) is 24.1 Å². The second-order valence-electron chi connectivity index (χ2n) is 7.20. The molecule has 0 spiro atoms. The number of nitrogens with zero attached hydrogens (tertiary/aromatic N) is 3. The number of nitrogens with one attached hydrogen (secondary N) is 2. The molecule has 1 unspecified atom stereocenters. The van der Waals surface area contributed by atoms with E-state index in [0.717, 1.165) is 32.4 Å². The average molecular weight is 403 g/mol. The van der Waals surface area contributed by atoms with Crippen molar-refractivity contribution in [2.24, 2.45) is 0 Å². The number of hydrogen-bond acceptors (Lipinski definition) is 6. The summed E-state index contributed by atoms with van der Waals surface area (Å²) in [7, 11) is 1.52. The van der Waals surface area contributed by atoms with Crippen molar-refractivity contribution in [1.29, 1.82) is 0 Å². The first-order valence-electron chi connectivity index (χ1n) is 9.75. The molecule has 10 nitrogen and oxygen atoms in total. The van der Waals surface area contributed by atoms with Gasteiger partial charge in [0.1, 0.15) is 11.7 Å². The van der Waals surface area contributed by atoms with E-state index in [2.05, 4.69) is 10.6 Å². The molecule has 0 bridgehead atoms. The van der Waals surface area contributed by atoms with Gasteiger partial charge in [0, 0.05) is 38.3 Å². The first-order valence-corrected chi connectivity index (χ1v) is 9.75. The largest absolute Gasteiger partial charge is 0.366 e. The third-order valence-corrected chi connectivity index (χ3v) is 5.40. The molecule has 2 heterocycles. The van der Waals surface area contributed by atoms with Crippen molar-refractivity contribution < 1.29 is 19.3 Å². The van der Waals surface area contributed by atoms with E-state index < -0.39 is 16.9 Å². The Balaban J connectivity index is 1.66. The first-order chi connectivity index (χ1) is 13.9. The standard InChI is InChI=1S/C19H25N5O5/c1-20-19(27)15-5-4-10-23(15)17(25)12-21-18(26)13-6-7-14(16(11-13)24(28)29)22-8-2-3-9-22/h6-7,11,15H,2-5,8-10,12H2,1H3,(H,20,27)(H,21,26). The van der Waals surface area contributed by atoms with E-state index in [1.54, 1.807) is 6.07 Å². The summed E-state index contributed by atoms with van der Waals surface area (Å²) in [6.07, 6.45) is 3.27. The smallest absolute Gasteiger partial charge is 0.293 e. The van der Waals surface area contributed by atoms with Crippen LogP contribution in [0.5, 0.6) is 0 Å². The van der Waals surface area contributed by atoms with Gasteiger partial charge < -0.3 is 20.4 Å². The predicted octanol–water partition coefficient (Wildman–Crippen LogP) is 0.662. The van der Waals surface area contributed by atoms with Gasteiger partial charge in [0.15, 0.2) is 0 Å². The van der Waals surface area contributed by atoms with Crippen LogP contribution in [0.1, 0.15) is 36.0 Å². The Labute approximate surface area is 168 Å². The van der Waals surface area contributed by atoms with Gasteiger partial charge in [-0.15, -0.1) is 0 Å². The summed E-state index contributed by atoms with van der Waals surface area (Å²) in [5.74, 6) is -1.15.